The quantitative estimate of drug-likeness (QED) is 0.549. The zero-order valence-corrected chi connectivity index (χ0v) is 18.2. The van der Waals surface area contributed by atoms with E-state index < -0.39 is 0 Å². The van der Waals surface area contributed by atoms with Gasteiger partial charge < -0.3 is 19.5 Å². The first-order valence-electron chi connectivity index (χ1n) is 10.1. The van der Waals surface area contributed by atoms with Crippen molar-refractivity contribution in [1.82, 2.24) is 20.3 Å². The molecule has 1 saturated heterocycles. The first-order chi connectivity index (χ1) is 14.1. The molecule has 1 aromatic heterocycles. The maximum atomic E-state index is 6.35. The minimum Gasteiger partial charge on any atom is -0.497 e. The highest BCUT2D eigenvalue weighted by atomic mass is 35.5. The van der Waals surface area contributed by atoms with Crippen LogP contribution in [0.5, 0.6) is 5.75 Å². The molecule has 3 rings (SSSR count). The van der Waals surface area contributed by atoms with Gasteiger partial charge in [0.25, 0.3) is 0 Å². The molecule has 29 heavy (non-hydrogen) atoms. The molecule has 0 spiro atoms. The average Bonchev–Trinajstić information content (AvgIpc) is 3.13. The third-order valence-electron chi connectivity index (χ3n) is 4.97. The summed E-state index contributed by atoms with van der Waals surface area (Å²) >= 11 is 6.35. The fraction of sp³-hybridized carbons (Fsp3) is 0.524. The van der Waals surface area contributed by atoms with Crippen LogP contribution in [-0.4, -0.2) is 67.3 Å². The molecule has 1 aliphatic rings. The number of halogens is 1. The van der Waals surface area contributed by atoms with Crippen molar-refractivity contribution in [2.75, 3.05) is 46.4 Å². The molecule has 0 saturated carbocycles. The van der Waals surface area contributed by atoms with Crippen molar-refractivity contribution in [3.05, 3.63) is 46.3 Å². The number of nitrogens with one attached hydrogen (secondary N) is 1. The van der Waals surface area contributed by atoms with Gasteiger partial charge in [-0.15, -0.1) is 0 Å². The minimum absolute atomic E-state index is 0.687. The van der Waals surface area contributed by atoms with E-state index in [0.717, 1.165) is 79.4 Å². The second-order valence-electron chi connectivity index (χ2n) is 7.14. The van der Waals surface area contributed by atoms with Gasteiger partial charge in [-0.1, -0.05) is 22.8 Å². The Bertz CT molecular complexity index is 815. The molecule has 0 bridgehead atoms. The topological polar surface area (TPSA) is 66.1 Å². The standard InChI is InChI=1S/C21H30ClN5O2/c1-4-23-21(24-8-7-17-5-6-19(28-3)14-20(17)22)27-11-9-26(10-12-27)15-18-13-16(2)29-25-18/h5-6,13-14H,4,7-12,15H2,1-3H3,(H,23,24). The summed E-state index contributed by atoms with van der Waals surface area (Å²) < 4.78 is 10.4. The number of hydrogen-bond acceptors (Lipinski definition) is 5. The number of aromatic nitrogens is 1. The monoisotopic (exact) mass is 419 g/mol. The van der Waals surface area contributed by atoms with Crippen LogP contribution in [0, 0.1) is 6.92 Å². The Morgan fingerprint density at radius 2 is 2.07 bits per heavy atom. The largest absolute Gasteiger partial charge is 0.497 e. The molecule has 0 aliphatic carbocycles. The lowest BCUT2D eigenvalue weighted by Gasteiger charge is -2.36. The molecule has 1 N–H and O–H groups in total. The molecule has 0 atom stereocenters. The fourth-order valence-corrected chi connectivity index (χ4v) is 3.67. The molecule has 2 heterocycles. The summed E-state index contributed by atoms with van der Waals surface area (Å²) in [5, 5.41) is 8.24. The summed E-state index contributed by atoms with van der Waals surface area (Å²) in [6.45, 7) is 10.2. The van der Waals surface area contributed by atoms with Gasteiger partial charge in [-0.25, -0.2) is 0 Å². The average molecular weight is 420 g/mol. The molecule has 8 heteroatoms. The zero-order chi connectivity index (χ0) is 20.6. The second kappa shape index (κ2) is 10.5. The Labute approximate surface area is 177 Å². The number of methoxy groups -OCH3 is 1. The van der Waals surface area contributed by atoms with E-state index in [2.05, 4.69) is 27.2 Å². The molecule has 0 amide bonds. The lowest BCUT2D eigenvalue weighted by atomic mass is 10.1. The number of guanidine groups is 1. The van der Waals surface area contributed by atoms with Gasteiger partial charge in [-0.2, -0.15) is 0 Å². The van der Waals surface area contributed by atoms with Crippen LogP contribution in [0.25, 0.3) is 0 Å². The van der Waals surface area contributed by atoms with Crippen LogP contribution in [0.3, 0.4) is 0 Å². The van der Waals surface area contributed by atoms with Gasteiger partial charge in [0.05, 0.1) is 12.8 Å². The number of ether oxygens (including phenoxy) is 1. The van der Waals surface area contributed by atoms with Crippen molar-refractivity contribution in [3.8, 4) is 5.75 Å². The van der Waals surface area contributed by atoms with Crippen molar-refractivity contribution in [2.24, 2.45) is 4.99 Å². The van der Waals surface area contributed by atoms with Gasteiger partial charge in [0, 0.05) is 56.9 Å². The highest BCUT2D eigenvalue weighted by Crippen LogP contribution is 2.22. The smallest absolute Gasteiger partial charge is 0.194 e. The predicted molar refractivity (Wildman–Crippen MR) is 116 cm³/mol. The molecule has 1 fully saturated rings. The summed E-state index contributed by atoms with van der Waals surface area (Å²) in [7, 11) is 1.64. The van der Waals surface area contributed by atoms with Gasteiger partial charge >= 0.3 is 0 Å². The molecule has 0 radical (unpaired) electrons. The van der Waals surface area contributed by atoms with Crippen LogP contribution in [0.1, 0.15) is 23.9 Å². The van der Waals surface area contributed by atoms with Crippen LogP contribution >= 0.6 is 11.6 Å². The van der Waals surface area contributed by atoms with E-state index in [-0.39, 0.29) is 0 Å². The summed E-state index contributed by atoms with van der Waals surface area (Å²) in [6.07, 6.45) is 0.795. The Morgan fingerprint density at radius 1 is 1.28 bits per heavy atom. The van der Waals surface area contributed by atoms with Gasteiger partial charge in [-0.3, -0.25) is 9.89 Å². The van der Waals surface area contributed by atoms with E-state index in [0.29, 0.717) is 6.54 Å². The van der Waals surface area contributed by atoms with Crippen molar-refractivity contribution in [3.63, 3.8) is 0 Å². The number of hydrogen-bond donors (Lipinski definition) is 1. The van der Waals surface area contributed by atoms with Crippen molar-refractivity contribution >= 4 is 17.6 Å². The maximum absolute atomic E-state index is 6.35. The van der Waals surface area contributed by atoms with Crippen molar-refractivity contribution in [1.29, 1.82) is 0 Å². The molecular weight excluding hydrogens is 390 g/mol. The molecule has 158 valence electrons. The Morgan fingerprint density at radius 3 is 2.69 bits per heavy atom. The first-order valence-corrected chi connectivity index (χ1v) is 10.5. The van der Waals surface area contributed by atoms with E-state index >= 15 is 0 Å². The summed E-state index contributed by atoms with van der Waals surface area (Å²) in [4.78, 5) is 9.54. The van der Waals surface area contributed by atoms with Crippen molar-refractivity contribution < 1.29 is 9.26 Å². The highest BCUT2D eigenvalue weighted by Gasteiger charge is 2.20. The predicted octanol–water partition coefficient (Wildman–Crippen LogP) is 2.97. The number of nitrogens with zero attached hydrogens (tertiary/aromatic N) is 4. The van der Waals surface area contributed by atoms with Gasteiger partial charge in [0.1, 0.15) is 11.5 Å². The fourth-order valence-electron chi connectivity index (χ4n) is 3.41. The number of piperazine rings is 1. The highest BCUT2D eigenvalue weighted by molar-refractivity contribution is 6.31. The van der Waals surface area contributed by atoms with Crippen molar-refractivity contribution in [2.45, 2.75) is 26.8 Å². The molecule has 0 unspecified atom stereocenters. The van der Waals surface area contributed by atoms with Crippen LogP contribution in [0.2, 0.25) is 5.02 Å². The van der Waals surface area contributed by atoms with E-state index in [1.807, 2.05) is 31.2 Å². The minimum atomic E-state index is 0.687. The first kappa shape index (κ1) is 21.5. The second-order valence-corrected chi connectivity index (χ2v) is 7.54. The van der Waals surface area contributed by atoms with Gasteiger partial charge in [0.2, 0.25) is 0 Å². The van der Waals surface area contributed by atoms with E-state index in [1.165, 1.54) is 0 Å². The number of benzene rings is 1. The summed E-state index contributed by atoms with van der Waals surface area (Å²) in [5.41, 5.74) is 2.08. The number of rotatable bonds is 7. The van der Waals surface area contributed by atoms with Crippen LogP contribution < -0.4 is 10.1 Å². The SMILES string of the molecule is CCNC(=NCCc1ccc(OC)cc1Cl)N1CCN(Cc2cc(C)on2)CC1. The van der Waals surface area contributed by atoms with E-state index in [9.17, 15) is 0 Å². The molecule has 1 aromatic carbocycles. The molecule has 7 nitrogen and oxygen atoms in total. The van der Waals surface area contributed by atoms with Crippen LogP contribution in [0.4, 0.5) is 0 Å². The third-order valence-corrected chi connectivity index (χ3v) is 5.32. The normalized spacial score (nSPS) is 15.6. The molecule has 2 aromatic rings. The third kappa shape index (κ3) is 6.11. The zero-order valence-electron chi connectivity index (χ0n) is 17.4. The maximum Gasteiger partial charge on any atom is 0.194 e. The van der Waals surface area contributed by atoms with E-state index in [1.54, 1.807) is 7.11 Å². The molecular formula is C21H30ClN5O2. The Balaban J connectivity index is 1.52. The lowest BCUT2D eigenvalue weighted by molar-refractivity contribution is 0.169. The Kier molecular flexibility index (Phi) is 7.77. The molecule has 1 aliphatic heterocycles. The van der Waals surface area contributed by atoms with E-state index in [4.69, 9.17) is 25.9 Å². The summed E-state index contributed by atoms with van der Waals surface area (Å²) in [5.74, 6) is 2.60. The van der Waals surface area contributed by atoms with Crippen LogP contribution in [0.15, 0.2) is 33.8 Å². The lowest BCUT2D eigenvalue weighted by Crippen LogP contribution is -2.52. The van der Waals surface area contributed by atoms with Gasteiger partial charge in [0.15, 0.2) is 5.96 Å². The number of aliphatic imine (C=N–C) groups is 1. The summed E-state index contributed by atoms with van der Waals surface area (Å²) in [6, 6.07) is 7.79. The number of aryl methyl sites for hydroxylation is 1. The van der Waals surface area contributed by atoms with Gasteiger partial charge in [-0.05, 0) is 38.0 Å². The Hall–Kier alpha value is -2.25. The van der Waals surface area contributed by atoms with Crippen LogP contribution in [-0.2, 0) is 13.0 Å².